The van der Waals surface area contributed by atoms with E-state index >= 15 is 0 Å². The third-order valence-corrected chi connectivity index (χ3v) is 3.94. The summed E-state index contributed by atoms with van der Waals surface area (Å²) in [6, 6.07) is 12.6. The molecule has 2 aromatic carbocycles. The van der Waals surface area contributed by atoms with Crippen molar-refractivity contribution in [3.8, 4) is 0 Å². The molecule has 0 saturated heterocycles. The second-order valence-corrected chi connectivity index (χ2v) is 5.98. The number of ether oxygens (including phenoxy) is 1. The molecular weight excluding hydrogens is 394 g/mol. The number of amides is 2. The first-order valence-corrected chi connectivity index (χ1v) is 8.51. The number of nitrogens with one attached hydrogen (secondary N) is 2. The summed E-state index contributed by atoms with van der Waals surface area (Å²) in [6.45, 7) is 0. The zero-order valence-corrected chi connectivity index (χ0v) is 15.6. The molecule has 3 aromatic rings. The van der Waals surface area contributed by atoms with Gasteiger partial charge in [0.15, 0.2) is 5.76 Å². The number of carbonyl (C=O) groups excluding carboxylic acids is 3. The maximum absolute atomic E-state index is 12.6. The van der Waals surface area contributed by atoms with Crippen molar-refractivity contribution in [3.63, 3.8) is 0 Å². The summed E-state index contributed by atoms with van der Waals surface area (Å²) in [4.78, 5) is 46.8. The summed E-state index contributed by atoms with van der Waals surface area (Å²) in [5.74, 6) is -1.84. The Bertz CT molecular complexity index is 1120. The predicted octanol–water partition coefficient (Wildman–Crippen LogP) is 3.48. The minimum absolute atomic E-state index is 0.102. The molecule has 1 heterocycles. The number of rotatable bonds is 6. The van der Waals surface area contributed by atoms with Gasteiger partial charge in [0.1, 0.15) is 0 Å². The van der Waals surface area contributed by atoms with E-state index in [1.165, 1.54) is 24.5 Å². The van der Waals surface area contributed by atoms with Crippen molar-refractivity contribution in [2.45, 2.75) is 0 Å². The van der Waals surface area contributed by atoms with Gasteiger partial charge in [0.2, 0.25) is 0 Å². The molecule has 1 aromatic heterocycles. The van der Waals surface area contributed by atoms with Crippen molar-refractivity contribution in [1.29, 1.82) is 0 Å². The van der Waals surface area contributed by atoms with Crippen LogP contribution >= 0.6 is 0 Å². The molecule has 0 saturated carbocycles. The number of benzene rings is 2. The Morgan fingerprint density at radius 3 is 2.20 bits per heavy atom. The summed E-state index contributed by atoms with van der Waals surface area (Å²) in [6.07, 6.45) is 1.37. The number of nitro benzene ring substituents is 1. The SMILES string of the molecule is COC(=O)c1cc(C(=O)Nc2cccc(NC(=O)c3ccco3)c2)cc([N+](=O)[O-])c1. The number of esters is 1. The second-order valence-electron chi connectivity index (χ2n) is 5.98. The first kappa shape index (κ1) is 20.3. The fraction of sp³-hybridized carbons (Fsp3) is 0.0500. The molecule has 3 rings (SSSR count). The molecule has 2 N–H and O–H groups in total. The average Bonchev–Trinajstić information content (AvgIpc) is 3.28. The Labute approximate surface area is 169 Å². The van der Waals surface area contributed by atoms with E-state index in [4.69, 9.17) is 4.42 Å². The van der Waals surface area contributed by atoms with Crippen molar-refractivity contribution in [2.24, 2.45) is 0 Å². The zero-order valence-electron chi connectivity index (χ0n) is 15.6. The first-order chi connectivity index (χ1) is 14.4. The van der Waals surface area contributed by atoms with E-state index in [0.29, 0.717) is 11.4 Å². The number of carbonyl (C=O) groups is 3. The summed E-state index contributed by atoms with van der Waals surface area (Å²) >= 11 is 0. The Kier molecular flexibility index (Phi) is 5.87. The highest BCUT2D eigenvalue weighted by Crippen LogP contribution is 2.21. The average molecular weight is 409 g/mol. The number of furan rings is 1. The molecule has 0 aliphatic carbocycles. The van der Waals surface area contributed by atoms with Crippen molar-refractivity contribution >= 4 is 34.8 Å². The Morgan fingerprint density at radius 2 is 1.60 bits per heavy atom. The van der Waals surface area contributed by atoms with Crippen LogP contribution in [-0.2, 0) is 4.74 Å². The number of non-ortho nitro benzene ring substituents is 1. The molecule has 0 fully saturated rings. The van der Waals surface area contributed by atoms with E-state index in [2.05, 4.69) is 15.4 Å². The topological polar surface area (TPSA) is 141 Å². The van der Waals surface area contributed by atoms with Gasteiger partial charge in [0.25, 0.3) is 17.5 Å². The van der Waals surface area contributed by atoms with E-state index < -0.39 is 28.4 Å². The summed E-state index contributed by atoms with van der Waals surface area (Å²) in [5, 5.41) is 16.3. The minimum atomic E-state index is -0.810. The number of nitro groups is 1. The Balaban J connectivity index is 1.80. The van der Waals surface area contributed by atoms with E-state index in [-0.39, 0.29) is 16.9 Å². The molecule has 0 bridgehead atoms. The Hall–Kier alpha value is -4.47. The van der Waals surface area contributed by atoms with Crippen molar-refractivity contribution in [3.05, 3.63) is 87.9 Å². The van der Waals surface area contributed by atoms with Gasteiger partial charge in [-0.15, -0.1) is 0 Å². The second kappa shape index (κ2) is 8.69. The summed E-state index contributed by atoms with van der Waals surface area (Å²) in [5.41, 5.74) is 0.0558. The van der Waals surface area contributed by atoms with E-state index in [0.717, 1.165) is 19.2 Å². The van der Waals surface area contributed by atoms with Gasteiger partial charge in [-0.25, -0.2) is 4.79 Å². The van der Waals surface area contributed by atoms with Crippen LogP contribution in [0.25, 0.3) is 0 Å². The van der Waals surface area contributed by atoms with Gasteiger partial charge in [0, 0.05) is 29.1 Å². The molecule has 10 nitrogen and oxygen atoms in total. The standard InChI is InChI=1S/C20H15N3O7/c1-29-20(26)13-8-12(9-16(10-13)23(27)28)18(24)21-14-4-2-5-15(11-14)22-19(25)17-6-3-7-30-17/h2-11H,1H3,(H,21,24)(H,22,25). The molecule has 0 aliphatic heterocycles. The van der Waals surface area contributed by atoms with Gasteiger partial charge >= 0.3 is 5.97 Å². The van der Waals surface area contributed by atoms with E-state index in [1.807, 2.05) is 0 Å². The molecule has 30 heavy (non-hydrogen) atoms. The molecule has 0 radical (unpaired) electrons. The van der Waals surface area contributed by atoms with Crippen LogP contribution in [0.5, 0.6) is 0 Å². The molecule has 10 heteroatoms. The first-order valence-electron chi connectivity index (χ1n) is 8.51. The van der Waals surface area contributed by atoms with Gasteiger partial charge in [-0.1, -0.05) is 6.07 Å². The molecule has 152 valence electrons. The molecule has 0 atom stereocenters. The lowest BCUT2D eigenvalue weighted by Gasteiger charge is -2.09. The van der Waals surface area contributed by atoms with Gasteiger partial charge in [-0.2, -0.15) is 0 Å². The monoisotopic (exact) mass is 409 g/mol. The Morgan fingerprint density at radius 1 is 0.933 bits per heavy atom. The van der Waals surface area contributed by atoms with Crippen LogP contribution in [0.1, 0.15) is 31.3 Å². The lowest BCUT2D eigenvalue weighted by Crippen LogP contribution is -2.15. The van der Waals surface area contributed by atoms with Crippen LogP contribution in [0, 0.1) is 10.1 Å². The van der Waals surface area contributed by atoms with Crippen molar-refractivity contribution in [2.75, 3.05) is 17.7 Å². The third-order valence-electron chi connectivity index (χ3n) is 3.94. The fourth-order valence-electron chi connectivity index (χ4n) is 2.56. The van der Waals surface area contributed by atoms with Crippen LogP contribution in [0.4, 0.5) is 17.1 Å². The number of anilines is 2. The van der Waals surface area contributed by atoms with Crippen LogP contribution in [0.15, 0.2) is 65.3 Å². The quantitative estimate of drug-likeness (QED) is 0.361. The molecule has 0 aliphatic rings. The van der Waals surface area contributed by atoms with Crippen LogP contribution < -0.4 is 10.6 Å². The van der Waals surface area contributed by atoms with Crippen LogP contribution in [0.2, 0.25) is 0 Å². The van der Waals surface area contributed by atoms with Gasteiger partial charge in [-0.3, -0.25) is 19.7 Å². The fourth-order valence-corrected chi connectivity index (χ4v) is 2.56. The zero-order chi connectivity index (χ0) is 21.7. The van der Waals surface area contributed by atoms with Gasteiger partial charge < -0.3 is 19.8 Å². The minimum Gasteiger partial charge on any atom is -0.465 e. The lowest BCUT2D eigenvalue weighted by atomic mass is 10.1. The largest absolute Gasteiger partial charge is 0.465 e. The smallest absolute Gasteiger partial charge is 0.338 e. The van der Waals surface area contributed by atoms with E-state index in [9.17, 15) is 24.5 Å². The molecular formula is C20H15N3O7. The van der Waals surface area contributed by atoms with Gasteiger partial charge in [-0.05, 0) is 36.4 Å². The maximum Gasteiger partial charge on any atom is 0.338 e. The number of nitrogens with zero attached hydrogens (tertiary/aromatic N) is 1. The lowest BCUT2D eigenvalue weighted by molar-refractivity contribution is -0.384. The number of methoxy groups -OCH3 is 1. The number of hydrogen-bond donors (Lipinski definition) is 2. The van der Waals surface area contributed by atoms with Crippen LogP contribution in [0.3, 0.4) is 0 Å². The highest BCUT2D eigenvalue weighted by atomic mass is 16.6. The third kappa shape index (κ3) is 4.68. The predicted molar refractivity (Wildman–Crippen MR) is 105 cm³/mol. The van der Waals surface area contributed by atoms with Crippen LogP contribution in [-0.4, -0.2) is 29.8 Å². The van der Waals surface area contributed by atoms with Crippen molar-refractivity contribution < 1.29 is 28.5 Å². The summed E-state index contributed by atoms with van der Waals surface area (Å²) < 4.78 is 9.58. The van der Waals surface area contributed by atoms with Crippen molar-refractivity contribution in [1.82, 2.24) is 0 Å². The van der Waals surface area contributed by atoms with Gasteiger partial charge in [0.05, 0.1) is 23.9 Å². The van der Waals surface area contributed by atoms with E-state index in [1.54, 1.807) is 24.3 Å². The molecule has 2 amide bonds. The maximum atomic E-state index is 12.6. The normalized spacial score (nSPS) is 10.2. The highest BCUT2D eigenvalue weighted by Gasteiger charge is 2.18. The molecule has 0 spiro atoms. The highest BCUT2D eigenvalue weighted by molar-refractivity contribution is 6.07. The molecule has 0 unspecified atom stereocenters. The number of hydrogen-bond acceptors (Lipinski definition) is 7. The summed E-state index contributed by atoms with van der Waals surface area (Å²) in [7, 11) is 1.13.